The fraction of sp³-hybridized carbons (Fsp3) is 0.333. The van der Waals surface area contributed by atoms with Gasteiger partial charge in [0, 0.05) is 12.7 Å². The lowest BCUT2D eigenvalue weighted by Crippen LogP contribution is -2.15. The van der Waals surface area contributed by atoms with Gasteiger partial charge in [0.2, 0.25) is 0 Å². The number of hydrogen-bond acceptors (Lipinski definition) is 2. The average Bonchev–Trinajstić information content (AvgIpc) is 2.42. The van der Waals surface area contributed by atoms with Crippen molar-refractivity contribution >= 4 is 36.0 Å². The number of H-pyrrole nitrogens is 1. The Labute approximate surface area is 99.5 Å². The number of pyridine rings is 1. The van der Waals surface area contributed by atoms with E-state index in [4.69, 9.17) is 0 Å². The van der Waals surface area contributed by atoms with E-state index in [0.717, 1.165) is 11.1 Å². The summed E-state index contributed by atoms with van der Waals surface area (Å²) in [4.78, 5) is 18.2. The minimum Gasteiger partial charge on any atom is -0.291 e. The van der Waals surface area contributed by atoms with Gasteiger partial charge in [-0.05, 0) is 25.5 Å². The van der Waals surface area contributed by atoms with Crippen LogP contribution in [0, 0.1) is 6.92 Å². The van der Waals surface area contributed by atoms with E-state index in [1.165, 1.54) is 0 Å². The van der Waals surface area contributed by atoms with Gasteiger partial charge in [-0.1, -0.05) is 0 Å². The monoisotopic (exact) mass is 249 g/mol. The summed E-state index contributed by atoms with van der Waals surface area (Å²) < 4.78 is 1.69. The first-order chi connectivity index (χ1) is 6.24. The van der Waals surface area contributed by atoms with Crippen molar-refractivity contribution in [3.8, 4) is 0 Å². The molecular formula is C9H13Cl2N3O. The van der Waals surface area contributed by atoms with E-state index in [0.29, 0.717) is 12.2 Å². The molecule has 84 valence electrons. The van der Waals surface area contributed by atoms with Crippen molar-refractivity contribution in [2.45, 2.75) is 20.4 Å². The van der Waals surface area contributed by atoms with Crippen LogP contribution in [-0.2, 0) is 6.54 Å². The third kappa shape index (κ3) is 2.16. The highest BCUT2D eigenvalue weighted by atomic mass is 35.5. The molecular weight excluding hydrogens is 237 g/mol. The quantitative estimate of drug-likeness (QED) is 0.840. The van der Waals surface area contributed by atoms with Gasteiger partial charge in [0.15, 0.2) is 5.65 Å². The molecule has 6 heteroatoms. The van der Waals surface area contributed by atoms with E-state index in [1.54, 1.807) is 10.8 Å². The molecule has 2 aromatic heterocycles. The lowest BCUT2D eigenvalue weighted by Gasteiger charge is -1.99. The molecule has 0 aromatic carbocycles. The van der Waals surface area contributed by atoms with Crippen LogP contribution in [0.3, 0.4) is 0 Å². The Morgan fingerprint density at radius 3 is 2.73 bits per heavy atom. The Morgan fingerprint density at radius 1 is 1.47 bits per heavy atom. The number of rotatable bonds is 1. The summed E-state index contributed by atoms with van der Waals surface area (Å²) in [7, 11) is 0. The third-order valence-electron chi connectivity index (χ3n) is 2.18. The Balaban J connectivity index is 0.000000980. The molecule has 2 rings (SSSR count). The molecule has 15 heavy (non-hydrogen) atoms. The van der Waals surface area contributed by atoms with Gasteiger partial charge in [-0.2, -0.15) is 0 Å². The third-order valence-corrected chi connectivity index (χ3v) is 2.18. The number of fused-ring (bicyclic) bond motifs is 1. The van der Waals surface area contributed by atoms with Gasteiger partial charge in [0.25, 0.3) is 0 Å². The van der Waals surface area contributed by atoms with Crippen molar-refractivity contribution in [1.29, 1.82) is 0 Å². The number of hydrogen-bond donors (Lipinski definition) is 1. The number of aromatic nitrogens is 3. The fourth-order valence-corrected chi connectivity index (χ4v) is 1.55. The zero-order valence-corrected chi connectivity index (χ0v) is 10.1. The van der Waals surface area contributed by atoms with Crippen LogP contribution in [0.25, 0.3) is 11.2 Å². The normalized spacial score (nSPS) is 9.47. The number of halogens is 2. The van der Waals surface area contributed by atoms with E-state index >= 15 is 0 Å². The predicted molar refractivity (Wildman–Crippen MR) is 65.3 cm³/mol. The Kier molecular flexibility index (Phi) is 4.84. The minimum atomic E-state index is -0.0840. The summed E-state index contributed by atoms with van der Waals surface area (Å²) in [6.07, 6.45) is 1.70. The molecule has 0 saturated carbocycles. The van der Waals surface area contributed by atoms with Crippen LogP contribution in [-0.4, -0.2) is 14.5 Å². The zero-order valence-electron chi connectivity index (χ0n) is 8.48. The van der Waals surface area contributed by atoms with Crippen molar-refractivity contribution in [1.82, 2.24) is 14.5 Å². The maximum absolute atomic E-state index is 11.4. The molecule has 0 fully saturated rings. The van der Waals surface area contributed by atoms with Crippen LogP contribution < -0.4 is 5.69 Å². The number of imidazole rings is 1. The highest BCUT2D eigenvalue weighted by Gasteiger charge is 2.07. The molecule has 0 bridgehead atoms. The van der Waals surface area contributed by atoms with E-state index in [1.807, 2.05) is 19.9 Å². The maximum Gasteiger partial charge on any atom is 0.327 e. The van der Waals surface area contributed by atoms with Crippen LogP contribution in [0.2, 0.25) is 0 Å². The first-order valence-electron chi connectivity index (χ1n) is 4.28. The molecule has 4 nitrogen and oxygen atoms in total. The standard InChI is InChI=1S/C9H11N3O.2ClH/c1-3-12-7-6(2)4-5-10-8(7)11-9(12)13;;/h4-5H,3H2,1-2H3,(H,10,11,13);2*1H. The molecule has 0 unspecified atom stereocenters. The first kappa shape index (κ1) is 14.0. The Morgan fingerprint density at radius 2 is 2.13 bits per heavy atom. The van der Waals surface area contributed by atoms with Gasteiger partial charge in [0.05, 0.1) is 5.52 Å². The minimum absolute atomic E-state index is 0. The van der Waals surface area contributed by atoms with Crippen molar-refractivity contribution in [3.63, 3.8) is 0 Å². The smallest absolute Gasteiger partial charge is 0.291 e. The molecule has 0 saturated heterocycles. The van der Waals surface area contributed by atoms with Gasteiger partial charge >= 0.3 is 5.69 Å². The Bertz CT molecular complexity index is 504. The highest BCUT2D eigenvalue weighted by Crippen LogP contribution is 2.11. The second kappa shape index (κ2) is 5.19. The van der Waals surface area contributed by atoms with Gasteiger partial charge in [-0.15, -0.1) is 24.8 Å². The van der Waals surface area contributed by atoms with Crippen LogP contribution in [0.15, 0.2) is 17.1 Å². The van der Waals surface area contributed by atoms with Gasteiger partial charge < -0.3 is 0 Å². The summed E-state index contributed by atoms with van der Waals surface area (Å²) in [5.41, 5.74) is 2.58. The second-order valence-corrected chi connectivity index (χ2v) is 3.00. The summed E-state index contributed by atoms with van der Waals surface area (Å²) >= 11 is 0. The van der Waals surface area contributed by atoms with Gasteiger partial charge in [-0.3, -0.25) is 9.55 Å². The average molecular weight is 250 g/mol. The summed E-state index contributed by atoms with van der Waals surface area (Å²) in [6.45, 7) is 4.59. The predicted octanol–water partition coefficient (Wildman–Crippen LogP) is 1.90. The molecule has 0 atom stereocenters. The van der Waals surface area contributed by atoms with Gasteiger partial charge in [-0.25, -0.2) is 9.78 Å². The van der Waals surface area contributed by atoms with Crippen molar-refractivity contribution in [3.05, 3.63) is 28.3 Å². The summed E-state index contributed by atoms with van der Waals surface area (Å²) in [6, 6.07) is 1.90. The van der Waals surface area contributed by atoms with Crippen LogP contribution in [0.4, 0.5) is 0 Å². The molecule has 0 amide bonds. The van der Waals surface area contributed by atoms with Crippen molar-refractivity contribution in [2.24, 2.45) is 0 Å². The number of aryl methyl sites for hydroxylation is 2. The van der Waals surface area contributed by atoms with E-state index in [9.17, 15) is 4.79 Å². The first-order valence-corrected chi connectivity index (χ1v) is 4.28. The van der Waals surface area contributed by atoms with Crippen molar-refractivity contribution in [2.75, 3.05) is 0 Å². The highest BCUT2D eigenvalue weighted by molar-refractivity contribution is 5.85. The molecule has 0 aliphatic rings. The molecule has 2 heterocycles. The lowest BCUT2D eigenvalue weighted by atomic mass is 10.3. The topological polar surface area (TPSA) is 50.7 Å². The lowest BCUT2D eigenvalue weighted by molar-refractivity contribution is 0.752. The second-order valence-electron chi connectivity index (χ2n) is 3.00. The largest absolute Gasteiger partial charge is 0.327 e. The molecule has 0 radical (unpaired) electrons. The fourth-order valence-electron chi connectivity index (χ4n) is 1.55. The molecule has 2 aromatic rings. The Hall–Kier alpha value is -1.000. The SMILES string of the molecule is CCn1c(=O)[nH]c2nccc(C)c21.Cl.Cl. The molecule has 0 spiro atoms. The number of nitrogens with one attached hydrogen (secondary N) is 1. The molecule has 0 aliphatic carbocycles. The molecule has 0 aliphatic heterocycles. The maximum atomic E-state index is 11.4. The summed E-state index contributed by atoms with van der Waals surface area (Å²) in [5.74, 6) is 0. The van der Waals surface area contributed by atoms with Crippen molar-refractivity contribution < 1.29 is 0 Å². The van der Waals surface area contributed by atoms with E-state index in [-0.39, 0.29) is 30.5 Å². The number of nitrogens with zero attached hydrogens (tertiary/aromatic N) is 2. The van der Waals surface area contributed by atoms with E-state index < -0.39 is 0 Å². The zero-order chi connectivity index (χ0) is 9.42. The summed E-state index contributed by atoms with van der Waals surface area (Å²) in [5, 5.41) is 0. The van der Waals surface area contributed by atoms with E-state index in [2.05, 4.69) is 9.97 Å². The van der Waals surface area contributed by atoms with Crippen LogP contribution in [0.5, 0.6) is 0 Å². The number of aromatic amines is 1. The van der Waals surface area contributed by atoms with Crippen LogP contribution >= 0.6 is 24.8 Å². The van der Waals surface area contributed by atoms with Gasteiger partial charge in [0.1, 0.15) is 0 Å². The van der Waals surface area contributed by atoms with Crippen LogP contribution in [0.1, 0.15) is 12.5 Å². The molecule has 1 N–H and O–H groups in total.